The Morgan fingerprint density at radius 1 is 1.33 bits per heavy atom. The first-order valence-electron chi connectivity index (χ1n) is 6.39. The summed E-state index contributed by atoms with van der Waals surface area (Å²) >= 11 is 0. The Bertz CT molecular complexity index is 556. The van der Waals surface area contributed by atoms with Crippen LogP contribution in [-0.4, -0.2) is 4.98 Å². The number of nitrogens with two attached hydrogens (primary N) is 1. The van der Waals surface area contributed by atoms with Gasteiger partial charge >= 0.3 is 0 Å². The molecule has 0 amide bonds. The van der Waals surface area contributed by atoms with Crippen LogP contribution in [0.25, 0.3) is 11.3 Å². The number of anilines is 1. The molecule has 2 rings (SSSR count). The van der Waals surface area contributed by atoms with Gasteiger partial charge in [-0.25, -0.2) is 0 Å². The Hall–Kier alpha value is -1.77. The van der Waals surface area contributed by atoms with E-state index in [1.807, 2.05) is 6.92 Å². The van der Waals surface area contributed by atoms with Crippen LogP contribution in [0.2, 0.25) is 0 Å². The lowest BCUT2D eigenvalue weighted by Gasteiger charge is -2.10. The van der Waals surface area contributed by atoms with Crippen LogP contribution in [0.4, 0.5) is 6.01 Å². The van der Waals surface area contributed by atoms with Gasteiger partial charge in [-0.05, 0) is 30.0 Å². The minimum absolute atomic E-state index is 0.246. The molecule has 1 aromatic carbocycles. The summed E-state index contributed by atoms with van der Waals surface area (Å²) in [6.45, 7) is 8.51. The van der Waals surface area contributed by atoms with Gasteiger partial charge in [0.05, 0.1) is 0 Å². The lowest BCUT2D eigenvalue weighted by molar-refractivity contribution is 0.530. The van der Waals surface area contributed by atoms with Crippen LogP contribution < -0.4 is 5.73 Å². The van der Waals surface area contributed by atoms with Crippen LogP contribution in [0.15, 0.2) is 22.6 Å². The summed E-state index contributed by atoms with van der Waals surface area (Å²) in [5.74, 6) is 1.36. The predicted molar refractivity (Wildman–Crippen MR) is 74.6 cm³/mol. The molecule has 0 aliphatic heterocycles. The molecule has 0 fully saturated rings. The normalized spacial score (nSPS) is 11.2. The fraction of sp³-hybridized carbons (Fsp3) is 0.400. The van der Waals surface area contributed by atoms with Gasteiger partial charge in [0.25, 0.3) is 6.01 Å². The quantitative estimate of drug-likeness (QED) is 0.890. The van der Waals surface area contributed by atoms with Crippen molar-refractivity contribution in [3.8, 4) is 11.3 Å². The van der Waals surface area contributed by atoms with E-state index < -0.39 is 0 Å². The first-order chi connectivity index (χ1) is 8.52. The smallest absolute Gasteiger partial charge is 0.292 e. The Morgan fingerprint density at radius 3 is 2.67 bits per heavy atom. The summed E-state index contributed by atoms with van der Waals surface area (Å²) in [6.07, 6.45) is 0.797. The van der Waals surface area contributed by atoms with Gasteiger partial charge in [0.1, 0.15) is 11.5 Å². The summed E-state index contributed by atoms with van der Waals surface area (Å²) in [5.41, 5.74) is 10.2. The molecule has 0 saturated carbocycles. The SMILES string of the molecule is CCc1oc(N)nc1-c1cc(C(C)C)ccc1C. The number of benzene rings is 1. The average molecular weight is 244 g/mol. The van der Waals surface area contributed by atoms with E-state index in [1.54, 1.807) is 0 Å². The van der Waals surface area contributed by atoms with Gasteiger partial charge < -0.3 is 10.2 Å². The maximum atomic E-state index is 5.66. The molecule has 0 atom stereocenters. The number of nitrogens with zero attached hydrogens (tertiary/aromatic N) is 1. The molecule has 1 heterocycles. The maximum Gasteiger partial charge on any atom is 0.292 e. The molecule has 0 spiro atoms. The number of hydrogen-bond acceptors (Lipinski definition) is 3. The van der Waals surface area contributed by atoms with Crippen molar-refractivity contribution in [1.29, 1.82) is 0 Å². The molecule has 0 aliphatic rings. The van der Waals surface area contributed by atoms with E-state index in [0.29, 0.717) is 5.92 Å². The van der Waals surface area contributed by atoms with E-state index in [-0.39, 0.29) is 6.01 Å². The van der Waals surface area contributed by atoms with Gasteiger partial charge in [-0.1, -0.05) is 32.9 Å². The number of aryl methyl sites for hydroxylation is 2. The van der Waals surface area contributed by atoms with Crippen LogP contribution in [0.3, 0.4) is 0 Å². The number of oxazole rings is 1. The Balaban J connectivity index is 2.58. The van der Waals surface area contributed by atoms with Crippen molar-refractivity contribution in [3.05, 3.63) is 35.1 Å². The first kappa shape index (κ1) is 12.7. The highest BCUT2D eigenvalue weighted by Crippen LogP contribution is 2.30. The molecular weight excluding hydrogens is 224 g/mol. The third kappa shape index (κ3) is 2.26. The van der Waals surface area contributed by atoms with Crippen molar-refractivity contribution >= 4 is 6.01 Å². The number of hydrogen-bond donors (Lipinski definition) is 1. The Morgan fingerprint density at radius 2 is 2.06 bits per heavy atom. The molecule has 0 unspecified atom stereocenters. The summed E-state index contributed by atoms with van der Waals surface area (Å²) in [4.78, 5) is 4.32. The summed E-state index contributed by atoms with van der Waals surface area (Å²) in [6, 6.07) is 6.74. The summed E-state index contributed by atoms with van der Waals surface area (Å²) in [5, 5.41) is 0. The summed E-state index contributed by atoms with van der Waals surface area (Å²) in [7, 11) is 0. The van der Waals surface area contributed by atoms with E-state index in [0.717, 1.165) is 23.4 Å². The molecule has 0 radical (unpaired) electrons. The molecule has 0 aliphatic carbocycles. The highest BCUT2D eigenvalue weighted by molar-refractivity contribution is 5.67. The topological polar surface area (TPSA) is 52.0 Å². The zero-order chi connectivity index (χ0) is 13.3. The van der Waals surface area contributed by atoms with E-state index in [2.05, 4.69) is 44.0 Å². The van der Waals surface area contributed by atoms with Crippen LogP contribution in [0.5, 0.6) is 0 Å². The second-order valence-corrected chi connectivity index (χ2v) is 4.91. The second-order valence-electron chi connectivity index (χ2n) is 4.91. The monoisotopic (exact) mass is 244 g/mol. The molecular formula is C15H20N2O. The number of aromatic nitrogens is 1. The fourth-order valence-corrected chi connectivity index (χ4v) is 2.07. The lowest BCUT2D eigenvalue weighted by atomic mass is 9.95. The van der Waals surface area contributed by atoms with Crippen molar-refractivity contribution in [1.82, 2.24) is 4.98 Å². The fourth-order valence-electron chi connectivity index (χ4n) is 2.07. The van der Waals surface area contributed by atoms with Crippen molar-refractivity contribution in [2.45, 2.75) is 40.0 Å². The van der Waals surface area contributed by atoms with Gasteiger partial charge in [0, 0.05) is 12.0 Å². The highest BCUT2D eigenvalue weighted by atomic mass is 16.4. The van der Waals surface area contributed by atoms with Gasteiger partial charge in [-0.2, -0.15) is 4.98 Å². The van der Waals surface area contributed by atoms with Gasteiger partial charge in [-0.3, -0.25) is 0 Å². The van der Waals surface area contributed by atoms with Crippen LogP contribution in [0, 0.1) is 6.92 Å². The van der Waals surface area contributed by atoms with Crippen LogP contribution in [0.1, 0.15) is 43.6 Å². The second kappa shape index (κ2) is 4.84. The van der Waals surface area contributed by atoms with Gasteiger partial charge in [0.15, 0.2) is 0 Å². The number of nitrogen functional groups attached to an aromatic ring is 1. The molecule has 18 heavy (non-hydrogen) atoms. The average Bonchev–Trinajstić information content (AvgIpc) is 2.70. The minimum atomic E-state index is 0.246. The molecule has 2 aromatic rings. The van der Waals surface area contributed by atoms with E-state index >= 15 is 0 Å². The zero-order valence-electron chi connectivity index (χ0n) is 11.4. The van der Waals surface area contributed by atoms with Gasteiger partial charge in [0.2, 0.25) is 0 Å². The third-order valence-electron chi connectivity index (χ3n) is 3.22. The molecule has 3 nitrogen and oxygen atoms in total. The lowest BCUT2D eigenvalue weighted by Crippen LogP contribution is -1.93. The molecule has 2 N–H and O–H groups in total. The minimum Gasteiger partial charge on any atom is -0.428 e. The number of rotatable bonds is 3. The Kier molecular flexibility index (Phi) is 3.41. The van der Waals surface area contributed by atoms with E-state index in [1.165, 1.54) is 11.1 Å². The predicted octanol–water partition coefficient (Wildman–Crippen LogP) is 3.92. The van der Waals surface area contributed by atoms with Crippen molar-refractivity contribution in [2.24, 2.45) is 0 Å². The van der Waals surface area contributed by atoms with Crippen molar-refractivity contribution < 1.29 is 4.42 Å². The Labute approximate surface area is 108 Å². The van der Waals surface area contributed by atoms with E-state index in [4.69, 9.17) is 10.2 Å². The first-order valence-corrected chi connectivity index (χ1v) is 6.39. The molecule has 3 heteroatoms. The molecule has 0 saturated heterocycles. The third-order valence-corrected chi connectivity index (χ3v) is 3.22. The molecule has 96 valence electrons. The summed E-state index contributed by atoms with van der Waals surface area (Å²) < 4.78 is 5.44. The van der Waals surface area contributed by atoms with Crippen LogP contribution in [-0.2, 0) is 6.42 Å². The standard InChI is InChI=1S/C15H20N2O/c1-5-13-14(17-15(16)18-13)12-8-11(9(2)3)7-6-10(12)4/h6-9H,5H2,1-4H3,(H2,16,17). The molecule has 0 bridgehead atoms. The van der Waals surface area contributed by atoms with Crippen LogP contribution >= 0.6 is 0 Å². The van der Waals surface area contributed by atoms with Gasteiger partial charge in [-0.15, -0.1) is 0 Å². The highest BCUT2D eigenvalue weighted by Gasteiger charge is 2.15. The molecule has 1 aromatic heterocycles. The van der Waals surface area contributed by atoms with Crippen molar-refractivity contribution in [3.63, 3.8) is 0 Å². The van der Waals surface area contributed by atoms with E-state index in [9.17, 15) is 0 Å². The van der Waals surface area contributed by atoms with Crippen molar-refractivity contribution in [2.75, 3.05) is 5.73 Å². The zero-order valence-corrected chi connectivity index (χ0v) is 11.4. The maximum absolute atomic E-state index is 5.66. The largest absolute Gasteiger partial charge is 0.428 e.